The molecule has 0 spiro atoms. The number of para-hydroxylation sites is 1. The van der Waals surface area contributed by atoms with Gasteiger partial charge in [0.2, 0.25) is 5.91 Å². The third kappa shape index (κ3) is 6.28. The van der Waals surface area contributed by atoms with E-state index in [9.17, 15) is 9.59 Å². The van der Waals surface area contributed by atoms with E-state index in [4.69, 9.17) is 17.0 Å². The molecule has 0 unspecified atom stereocenters. The second-order valence-electron chi connectivity index (χ2n) is 7.78. The van der Waals surface area contributed by atoms with Crippen molar-refractivity contribution >= 4 is 34.8 Å². The monoisotopic (exact) mass is 439 g/mol. The zero-order chi connectivity index (χ0) is 22.2. The standard InChI is InChI=1S/C24H29N3O3S/c1-27(18-8-4-3-5-9-18)23(29)20-10-6-7-11-21(20)25-24(31)26-22(28)16-17-12-14-19(30-2)15-13-17/h6-7,10-15,18H,3-5,8-9,16H2,1-2H3,(H2,25,26,28,31). The Morgan fingerprint density at radius 3 is 2.42 bits per heavy atom. The largest absolute Gasteiger partial charge is 0.497 e. The molecule has 1 aliphatic rings. The predicted octanol–water partition coefficient (Wildman–Crippen LogP) is 4.16. The molecule has 0 radical (unpaired) electrons. The molecule has 0 atom stereocenters. The molecule has 7 heteroatoms. The summed E-state index contributed by atoms with van der Waals surface area (Å²) in [5.41, 5.74) is 1.98. The van der Waals surface area contributed by atoms with E-state index in [0.717, 1.165) is 37.0 Å². The van der Waals surface area contributed by atoms with Gasteiger partial charge in [0.05, 0.1) is 24.8 Å². The van der Waals surface area contributed by atoms with Crippen LogP contribution in [0.25, 0.3) is 0 Å². The summed E-state index contributed by atoms with van der Waals surface area (Å²) in [4.78, 5) is 27.3. The zero-order valence-corrected chi connectivity index (χ0v) is 18.8. The first-order valence-electron chi connectivity index (χ1n) is 10.6. The van der Waals surface area contributed by atoms with E-state index in [2.05, 4.69) is 10.6 Å². The first kappa shape index (κ1) is 22.7. The first-order valence-corrected chi connectivity index (χ1v) is 11.0. The molecule has 164 valence electrons. The van der Waals surface area contributed by atoms with Gasteiger partial charge in [-0.2, -0.15) is 0 Å². The van der Waals surface area contributed by atoms with Crippen LogP contribution in [0.2, 0.25) is 0 Å². The SMILES string of the molecule is COc1ccc(CC(=O)NC(=S)Nc2ccccc2C(=O)N(C)C2CCCCC2)cc1. The van der Waals surface area contributed by atoms with Crippen LogP contribution in [0, 0.1) is 0 Å². The van der Waals surface area contributed by atoms with Crippen LogP contribution in [0.3, 0.4) is 0 Å². The van der Waals surface area contributed by atoms with Crippen LogP contribution in [-0.2, 0) is 11.2 Å². The van der Waals surface area contributed by atoms with E-state index in [-0.39, 0.29) is 29.4 Å². The van der Waals surface area contributed by atoms with Gasteiger partial charge in [0, 0.05) is 13.1 Å². The molecular formula is C24H29N3O3S. The molecule has 1 aliphatic carbocycles. The Morgan fingerprint density at radius 2 is 1.74 bits per heavy atom. The third-order valence-corrected chi connectivity index (χ3v) is 5.83. The molecule has 31 heavy (non-hydrogen) atoms. The van der Waals surface area contributed by atoms with Gasteiger partial charge in [0.1, 0.15) is 5.75 Å². The highest BCUT2D eigenvalue weighted by Gasteiger charge is 2.24. The smallest absolute Gasteiger partial charge is 0.255 e. The predicted molar refractivity (Wildman–Crippen MR) is 126 cm³/mol. The first-order chi connectivity index (χ1) is 15.0. The Balaban J connectivity index is 1.60. The Morgan fingerprint density at radius 1 is 1.06 bits per heavy atom. The maximum atomic E-state index is 13.1. The van der Waals surface area contributed by atoms with Crippen molar-refractivity contribution in [3.63, 3.8) is 0 Å². The number of thiocarbonyl (C=S) groups is 1. The molecule has 2 N–H and O–H groups in total. The molecule has 0 heterocycles. The van der Waals surface area contributed by atoms with E-state index in [0.29, 0.717) is 11.3 Å². The number of carbonyl (C=O) groups is 2. The number of anilines is 1. The number of hydrogen-bond acceptors (Lipinski definition) is 4. The lowest BCUT2D eigenvalue weighted by Gasteiger charge is -2.31. The average molecular weight is 440 g/mol. The molecule has 2 aromatic rings. The lowest BCUT2D eigenvalue weighted by Crippen LogP contribution is -2.39. The maximum absolute atomic E-state index is 13.1. The fraction of sp³-hybridized carbons (Fsp3) is 0.375. The van der Waals surface area contributed by atoms with Crippen molar-refractivity contribution in [2.45, 2.75) is 44.6 Å². The van der Waals surface area contributed by atoms with Crippen molar-refractivity contribution in [1.29, 1.82) is 0 Å². The van der Waals surface area contributed by atoms with Gasteiger partial charge in [-0.05, 0) is 54.9 Å². The van der Waals surface area contributed by atoms with Crippen LogP contribution in [0.15, 0.2) is 48.5 Å². The number of nitrogens with zero attached hydrogens (tertiary/aromatic N) is 1. The van der Waals surface area contributed by atoms with Crippen molar-refractivity contribution in [2.24, 2.45) is 0 Å². The van der Waals surface area contributed by atoms with Crippen molar-refractivity contribution in [2.75, 3.05) is 19.5 Å². The van der Waals surface area contributed by atoms with Gasteiger partial charge in [-0.25, -0.2) is 0 Å². The van der Waals surface area contributed by atoms with E-state index in [1.165, 1.54) is 6.42 Å². The van der Waals surface area contributed by atoms with E-state index in [1.807, 2.05) is 48.3 Å². The minimum absolute atomic E-state index is 0.0395. The number of nitrogens with one attached hydrogen (secondary N) is 2. The number of hydrogen-bond donors (Lipinski definition) is 2. The summed E-state index contributed by atoms with van der Waals surface area (Å²) in [6.07, 6.45) is 5.83. The summed E-state index contributed by atoms with van der Waals surface area (Å²) < 4.78 is 5.13. The number of ether oxygens (including phenoxy) is 1. The van der Waals surface area contributed by atoms with Gasteiger partial charge in [-0.3, -0.25) is 9.59 Å². The minimum atomic E-state index is -0.231. The number of carbonyl (C=O) groups excluding carboxylic acids is 2. The van der Waals surface area contributed by atoms with Crippen LogP contribution in [-0.4, -0.2) is 42.0 Å². The topological polar surface area (TPSA) is 70.7 Å². The summed E-state index contributed by atoms with van der Waals surface area (Å²) in [7, 11) is 3.46. The van der Waals surface area contributed by atoms with Gasteiger partial charge in [0.25, 0.3) is 5.91 Å². The highest BCUT2D eigenvalue weighted by atomic mass is 32.1. The molecule has 1 fully saturated rings. The molecule has 6 nitrogen and oxygen atoms in total. The molecule has 3 rings (SSSR count). The average Bonchev–Trinajstić information content (AvgIpc) is 2.79. The van der Waals surface area contributed by atoms with Gasteiger partial charge < -0.3 is 20.3 Å². The lowest BCUT2D eigenvalue weighted by atomic mass is 9.94. The van der Waals surface area contributed by atoms with E-state index in [1.54, 1.807) is 19.2 Å². The highest BCUT2D eigenvalue weighted by Crippen LogP contribution is 2.25. The molecule has 2 amide bonds. The van der Waals surface area contributed by atoms with Crippen molar-refractivity contribution < 1.29 is 14.3 Å². The van der Waals surface area contributed by atoms with Crippen LogP contribution in [0.4, 0.5) is 5.69 Å². The van der Waals surface area contributed by atoms with Crippen LogP contribution in [0.5, 0.6) is 5.75 Å². The quantitative estimate of drug-likeness (QED) is 0.662. The van der Waals surface area contributed by atoms with Gasteiger partial charge in [0.15, 0.2) is 5.11 Å². The van der Waals surface area contributed by atoms with Crippen LogP contribution < -0.4 is 15.4 Å². The summed E-state index contributed by atoms with van der Waals surface area (Å²) in [6, 6.07) is 14.8. The Kier molecular flexibility index (Phi) is 8.00. The molecule has 0 saturated heterocycles. The lowest BCUT2D eigenvalue weighted by molar-refractivity contribution is -0.119. The highest BCUT2D eigenvalue weighted by molar-refractivity contribution is 7.80. The zero-order valence-electron chi connectivity index (χ0n) is 18.0. The molecule has 1 saturated carbocycles. The second-order valence-corrected chi connectivity index (χ2v) is 8.19. The molecular weight excluding hydrogens is 410 g/mol. The number of methoxy groups -OCH3 is 1. The molecule has 0 bridgehead atoms. The Bertz CT molecular complexity index is 924. The summed E-state index contributed by atoms with van der Waals surface area (Å²) in [6.45, 7) is 0. The number of amides is 2. The summed E-state index contributed by atoms with van der Waals surface area (Å²) in [5.74, 6) is 0.467. The van der Waals surface area contributed by atoms with Crippen LogP contribution in [0.1, 0.15) is 48.0 Å². The normalized spacial score (nSPS) is 13.9. The molecule has 0 aromatic heterocycles. The fourth-order valence-corrected chi connectivity index (χ4v) is 4.08. The molecule has 0 aliphatic heterocycles. The minimum Gasteiger partial charge on any atom is -0.497 e. The summed E-state index contributed by atoms with van der Waals surface area (Å²) >= 11 is 5.32. The van der Waals surface area contributed by atoms with Crippen molar-refractivity contribution in [1.82, 2.24) is 10.2 Å². The van der Waals surface area contributed by atoms with Gasteiger partial charge in [-0.15, -0.1) is 0 Å². The maximum Gasteiger partial charge on any atom is 0.255 e. The van der Waals surface area contributed by atoms with Gasteiger partial charge >= 0.3 is 0 Å². The van der Waals surface area contributed by atoms with Crippen LogP contribution >= 0.6 is 12.2 Å². The Labute approximate surface area is 189 Å². The van der Waals surface area contributed by atoms with Crippen molar-refractivity contribution in [3.05, 3.63) is 59.7 Å². The van der Waals surface area contributed by atoms with E-state index < -0.39 is 0 Å². The van der Waals surface area contributed by atoms with Gasteiger partial charge in [-0.1, -0.05) is 43.5 Å². The third-order valence-electron chi connectivity index (χ3n) is 5.63. The van der Waals surface area contributed by atoms with Crippen molar-refractivity contribution in [3.8, 4) is 5.75 Å². The second kappa shape index (κ2) is 10.9. The number of benzene rings is 2. The number of rotatable bonds is 6. The molecule has 2 aromatic carbocycles. The van der Waals surface area contributed by atoms with E-state index >= 15 is 0 Å². The summed E-state index contributed by atoms with van der Waals surface area (Å²) in [5, 5.41) is 5.87. The Hall–Kier alpha value is -2.93. The fourth-order valence-electron chi connectivity index (χ4n) is 3.86.